The van der Waals surface area contributed by atoms with Gasteiger partial charge in [-0.25, -0.2) is 8.91 Å². The van der Waals surface area contributed by atoms with E-state index in [1.54, 1.807) is 4.52 Å². The monoisotopic (exact) mass is 555 g/mol. The minimum absolute atomic E-state index is 0.00177. The number of hydrogen-bond acceptors (Lipinski definition) is 7. The van der Waals surface area contributed by atoms with Crippen LogP contribution >= 0.6 is 0 Å². The summed E-state index contributed by atoms with van der Waals surface area (Å²) in [4.78, 5) is 17.9. The van der Waals surface area contributed by atoms with Crippen molar-refractivity contribution in [3.05, 3.63) is 78.4 Å². The van der Waals surface area contributed by atoms with Gasteiger partial charge in [0.1, 0.15) is 28.7 Å². The smallest absolute Gasteiger partial charge is 0.245 e. The zero-order valence-electron chi connectivity index (χ0n) is 22.7. The molecular weight excluding hydrogens is 525 g/mol. The first kappa shape index (κ1) is 26.7. The third-order valence-corrected chi connectivity index (χ3v) is 8.56. The molecule has 1 amide bonds. The fourth-order valence-corrected chi connectivity index (χ4v) is 6.25. The molecular formula is C30H30FN7O3. The molecule has 1 atom stereocenters. The number of carbonyl (C=O) groups excluding carboxylic acids is 1. The highest BCUT2D eigenvalue weighted by atomic mass is 19.1. The van der Waals surface area contributed by atoms with E-state index in [9.17, 15) is 19.6 Å². The maximum Gasteiger partial charge on any atom is 0.245 e. The molecule has 1 saturated carbocycles. The molecule has 1 N–H and O–H groups in total. The van der Waals surface area contributed by atoms with Gasteiger partial charge in [-0.15, -0.1) is 0 Å². The first-order chi connectivity index (χ1) is 19.8. The number of carbonyl (C=O) groups is 1. The predicted octanol–water partition coefficient (Wildman–Crippen LogP) is 4.15. The third kappa shape index (κ3) is 4.74. The number of ether oxygens (including phenoxy) is 1. The van der Waals surface area contributed by atoms with Crippen LogP contribution in [0.4, 0.5) is 4.39 Å². The van der Waals surface area contributed by atoms with Gasteiger partial charge in [-0.05, 0) is 62.3 Å². The maximum absolute atomic E-state index is 13.4. The van der Waals surface area contributed by atoms with Crippen molar-refractivity contribution in [1.29, 1.82) is 5.26 Å². The van der Waals surface area contributed by atoms with E-state index in [0.29, 0.717) is 22.5 Å². The number of pyridine rings is 2. The fourth-order valence-electron chi connectivity index (χ4n) is 6.25. The number of rotatable bonds is 7. The van der Waals surface area contributed by atoms with Crippen LogP contribution in [0.15, 0.2) is 55.6 Å². The molecule has 0 bridgehead atoms. The fraction of sp³-hybridized carbons (Fsp3) is 0.367. The van der Waals surface area contributed by atoms with Crippen LogP contribution in [0.5, 0.6) is 5.75 Å². The van der Waals surface area contributed by atoms with E-state index in [1.165, 1.54) is 24.4 Å². The number of hydrogen-bond donors (Lipinski definition) is 1. The van der Waals surface area contributed by atoms with Crippen LogP contribution in [0, 0.1) is 29.5 Å². The lowest BCUT2D eigenvalue weighted by molar-refractivity contribution is -0.130. The molecule has 0 aromatic carbocycles. The second-order valence-corrected chi connectivity index (χ2v) is 10.9. The predicted molar refractivity (Wildman–Crippen MR) is 147 cm³/mol. The molecule has 11 heteroatoms. The van der Waals surface area contributed by atoms with Gasteiger partial charge in [0.15, 0.2) is 6.10 Å². The van der Waals surface area contributed by atoms with Crippen molar-refractivity contribution >= 4 is 11.4 Å². The number of nitrogens with zero attached hydrogens (tertiary/aromatic N) is 7. The molecule has 1 spiro atoms. The highest BCUT2D eigenvalue weighted by Gasteiger charge is 2.47. The summed E-state index contributed by atoms with van der Waals surface area (Å²) in [6.45, 7) is 6.77. The lowest BCUT2D eigenvalue weighted by atomic mass is 9.60. The number of aliphatic hydroxyl groups excluding tert-OH is 1. The molecule has 210 valence electrons. The van der Waals surface area contributed by atoms with Crippen molar-refractivity contribution in [2.75, 3.05) is 19.7 Å². The molecule has 2 aliphatic rings. The summed E-state index contributed by atoms with van der Waals surface area (Å²) in [6, 6.07) is 6.95. The Morgan fingerprint density at radius 3 is 2.73 bits per heavy atom. The molecule has 5 heterocycles. The van der Waals surface area contributed by atoms with Gasteiger partial charge >= 0.3 is 0 Å². The molecule has 2 fully saturated rings. The number of piperidine rings is 1. The summed E-state index contributed by atoms with van der Waals surface area (Å²) >= 11 is 0. The van der Waals surface area contributed by atoms with Crippen LogP contribution in [-0.2, 0) is 4.79 Å². The van der Waals surface area contributed by atoms with E-state index in [0.717, 1.165) is 61.8 Å². The molecule has 1 unspecified atom stereocenters. The Morgan fingerprint density at radius 2 is 2.07 bits per heavy atom. The van der Waals surface area contributed by atoms with Crippen LogP contribution in [0.1, 0.15) is 54.8 Å². The number of halogens is 1. The Hall–Kier alpha value is -4.56. The lowest BCUT2D eigenvalue weighted by Gasteiger charge is -2.52. The van der Waals surface area contributed by atoms with E-state index in [4.69, 9.17) is 9.84 Å². The highest BCUT2D eigenvalue weighted by molar-refractivity contribution is 5.87. The number of fused-ring (bicyclic) bond motifs is 1. The zero-order chi connectivity index (χ0) is 28.7. The molecule has 6 rings (SSSR count). The number of likely N-dealkylation sites (tertiary alicyclic amines) is 1. The van der Waals surface area contributed by atoms with Crippen LogP contribution < -0.4 is 4.74 Å². The Kier molecular flexibility index (Phi) is 6.79. The third-order valence-electron chi connectivity index (χ3n) is 8.56. The Labute approximate surface area is 236 Å². The average Bonchev–Trinajstić information content (AvgIpc) is 3.57. The summed E-state index contributed by atoms with van der Waals surface area (Å²) in [5.74, 6) is -0.144. The first-order valence-corrected chi connectivity index (χ1v) is 13.6. The minimum Gasteiger partial charge on any atom is -0.479 e. The SMILES string of the molecule is C=CC(=O)N1CCC2(CC1)CC(n1ncc(-c3cc(OC(CO)c4ccc(F)cn4)c4c(C#N)cnn4c3)c1C)C2. The van der Waals surface area contributed by atoms with Crippen LogP contribution in [-0.4, -0.2) is 60.0 Å². The summed E-state index contributed by atoms with van der Waals surface area (Å²) in [5, 5.41) is 28.8. The van der Waals surface area contributed by atoms with Crippen molar-refractivity contribution in [2.24, 2.45) is 5.41 Å². The van der Waals surface area contributed by atoms with E-state index in [-0.39, 0.29) is 17.4 Å². The van der Waals surface area contributed by atoms with Gasteiger partial charge in [-0.1, -0.05) is 6.58 Å². The molecule has 4 aromatic rings. The molecule has 41 heavy (non-hydrogen) atoms. The van der Waals surface area contributed by atoms with Crippen LogP contribution in [0.25, 0.3) is 16.6 Å². The lowest BCUT2D eigenvalue weighted by Crippen LogP contribution is -2.49. The molecule has 1 aliphatic carbocycles. The van der Waals surface area contributed by atoms with Gasteiger partial charge in [0.25, 0.3) is 0 Å². The molecule has 10 nitrogen and oxygen atoms in total. The Morgan fingerprint density at radius 1 is 1.29 bits per heavy atom. The normalized spacial score (nSPS) is 17.3. The Balaban J connectivity index is 1.27. The second kappa shape index (κ2) is 10.4. The summed E-state index contributed by atoms with van der Waals surface area (Å²) in [5.41, 5.74) is 4.08. The van der Waals surface area contributed by atoms with Gasteiger partial charge in [0.05, 0.1) is 36.9 Å². The largest absolute Gasteiger partial charge is 0.479 e. The van der Waals surface area contributed by atoms with Gasteiger partial charge < -0.3 is 14.7 Å². The summed E-state index contributed by atoms with van der Waals surface area (Å²) in [7, 11) is 0. The molecule has 0 radical (unpaired) electrons. The van der Waals surface area contributed by atoms with Crippen molar-refractivity contribution in [3.8, 4) is 22.9 Å². The van der Waals surface area contributed by atoms with Crippen molar-refractivity contribution in [3.63, 3.8) is 0 Å². The standard InChI is InChI=1S/C30H30FN7O3/c1-3-28(40)36-8-6-30(7-9-36)11-23(12-30)38-19(2)24(16-35-38)20-10-26(29-21(13-32)14-34-37(29)17-20)41-27(18-39)25-5-4-22(31)15-33-25/h3-5,10,14-17,23,27,39H,1,6-9,11-12,18H2,2H3. The average molecular weight is 556 g/mol. The van der Waals surface area contributed by atoms with E-state index in [2.05, 4.69) is 27.4 Å². The molecule has 1 saturated heterocycles. The van der Waals surface area contributed by atoms with E-state index >= 15 is 0 Å². The van der Waals surface area contributed by atoms with Gasteiger partial charge in [0, 0.05) is 36.1 Å². The zero-order valence-corrected chi connectivity index (χ0v) is 22.7. The molecule has 4 aromatic heterocycles. The summed E-state index contributed by atoms with van der Waals surface area (Å²) in [6.07, 6.45) is 10.7. The number of aromatic nitrogens is 5. The van der Waals surface area contributed by atoms with E-state index in [1.807, 2.05) is 30.3 Å². The van der Waals surface area contributed by atoms with Crippen LogP contribution in [0.3, 0.4) is 0 Å². The quantitative estimate of drug-likeness (QED) is 0.340. The Bertz CT molecular complexity index is 1650. The summed E-state index contributed by atoms with van der Waals surface area (Å²) < 4.78 is 23.3. The number of aliphatic hydroxyl groups is 1. The number of nitriles is 1. The maximum atomic E-state index is 13.4. The van der Waals surface area contributed by atoms with Gasteiger partial charge in [0.2, 0.25) is 5.91 Å². The first-order valence-electron chi connectivity index (χ1n) is 13.6. The van der Waals surface area contributed by atoms with Gasteiger partial charge in [-0.3, -0.25) is 14.5 Å². The number of amides is 1. The van der Waals surface area contributed by atoms with Gasteiger partial charge in [-0.2, -0.15) is 15.5 Å². The van der Waals surface area contributed by atoms with Crippen LogP contribution in [0.2, 0.25) is 0 Å². The molecule has 1 aliphatic heterocycles. The van der Waals surface area contributed by atoms with E-state index < -0.39 is 18.5 Å². The second-order valence-electron chi connectivity index (χ2n) is 10.9. The topological polar surface area (TPSA) is 122 Å². The highest BCUT2D eigenvalue weighted by Crippen LogP contribution is 2.55. The van der Waals surface area contributed by atoms with Crippen molar-refractivity contribution < 1.29 is 19.0 Å². The van der Waals surface area contributed by atoms with Crippen molar-refractivity contribution in [1.82, 2.24) is 29.3 Å². The minimum atomic E-state index is -0.876. The van der Waals surface area contributed by atoms with Crippen molar-refractivity contribution in [2.45, 2.75) is 44.8 Å².